The summed E-state index contributed by atoms with van der Waals surface area (Å²) in [6, 6.07) is 9.80. The number of nitrogens with two attached hydrogens (primary N) is 1. The molecule has 0 fully saturated rings. The van der Waals surface area contributed by atoms with Gasteiger partial charge in [0.15, 0.2) is 0 Å². The van der Waals surface area contributed by atoms with E-state index in [0.717, 1.165) is 16.5 Å². The van der Waals surface area contributed by atoms with Crippen molar-refractivity contribution in [3.63, 3.8) is 0 Å². The maximum atomic E-state index is 6.50. The molecule has 0 saturated carbocycles. The van der Waals surface area contributed by atoms with E-state index in [1.807, 2.05) is 30.3 Å². The summed E-state index contributed by atoms with van der Waals surface area (Å²) in [4.78, 5) is 4.21. The van der Waals surface area contributed by atoms with E-state index >= 15 is 0 Å². The van der Waals surface area contributed by atoms with Crippen LogP contribution in [-0.2, 0) is 0 Å². The highest BCUT2D eigenvalue weighted by Gasteiger charge is 1.93. The smallest absolute Gasteiger partial charge is 0.0702 e. The van der Waals surface area contributed by atoms with Crippen LogP contribution < -0.4 is 5.84 Å². The Hall–Kier alpha value is -2.92. The summed E-state index contributed by atoms with van der Waals surface area (Å²) >= 11 is 0. The zero-order chi connectivity index (χ0) is 13.1. The molecule has 1 aromatic heterocycles. The van der Waals surface area contributed by atoms with Crippen molar-refractivity contribution in [1.82, 2.24) is 4.98 Å². The molecule has 5 heteroatoms. The third-order valence-electron chi connectivity index (χ3n) is 1.85. The quantitative estimate of drug-likeness (QED) is 0.454. The van der Waals surface area contributed by atoms with E-state index in [1.54, 1.807) is 12.4 Å². The third-order valence-corrected chi connectivity index (χ3v) is 1.85. The lowest BCUT2D eigenvalue weighted by Gasteiger charge is -1.96. The topological polar surface area (TPSA) is 98.8 Å². The van der Waals surface area contributed by atoms with E-state index in [1.165, 1.54) is 0 Å². The average molecular weight is 225 g/mol. The molecule has 1 heterocycles. The average Bonchev–Trinajstić information content (AvgIpc) is 2.43. The summed E-state index contributed by atoms with van der Waals surface area (Å²) < 4.78 is 0. The van der Waals surface area contributed by atoms with Gasteiger partial charge in [-0.2, -0.15) is 5.10 Å². The number of hydrogen-bond acceptors (Lipinski definition) is 5. The Morgan fingerprint density at radius 2 is 1.88 bits per heavy atom. The van der Waals surface area contributed by atoms with Gasteiger partial charge in [0.1, 0.15) is 0 Å². The first-order chi connectivity index (χ1) is 8.40. The summed E-state index contributed by atoms with van der Waals surface area (Å²) in [6.07, 6.45) is 3.39. The van der Waals surface area contributed by atoms with Crippen LogP contribution in [0.4, 0.5) is 0 Å². The Bertz CT molecular complexity index is 522. The van der Waals surface area contributed by atoms with Crippen LogP contribution in [0.2, 0.25) is 0 Å². The fraction of sp³-hybridized carbons (Fsp3) is 0. The van der Waals surface area contributed by atoms with Gasteiger partial charge in [-0.25, -0.2) is 10.5 Å². The highest BCUT2D eigenvalue weighted by atomic mass is 15.1. The molecule has 1 aromatic carbocycles. The highest BCUT2D eigenvalue weighted by Crippen LogP contribution is 2.11. The molecule has 0 radical (unpaired) electrons. The first kappa shape index (κ1) is 14.1. The minimum absolute atomic E-state index is 0.983. The van der Waals surface area contributed by atoms with Crippen molar-refractivity contribution < 1.29 is 0 Å². The minimum atomic E-state index is 0.983. The molecule has 0 saturated heterocycles. The molecule has 84 valence electrons. The van der Waals surface area contributed by atoms with Gasteiger partial charge in [0.2, 0.25) is 0 Å². The first-order valence-electron chi connectivity index (χ1n) is 4.50. The van der Waals surface area contributed by atoms with Crippen molar-refractivity contribution in [2.45, 2.75) is 0 Å². The van der Waals surface area contributed by atoms with Crippen LogP contribution in [0.5, 0.6) is 0 Å². The van der Waals surface area contributed by atoms with E-state index < -0.39 is 0 Å². The lowest BCUT2D eigenvalue weighted by atomic mass is 10.1. The Kier molecular flexibility index (Phi) is 6.95. The van der Waals surface area contributed by atoms with Crippen molar-refractivity contribution in [1.29, 1.82) is 10.5 Å². The summed E-state index contributed by atoms with van der Waals surface area (Å²) in [5, 5.41) is 17.6. The van der Waals surface area contributed by atoms with Crippen molar-refractivity contribution >= 4 is 17.1 Å². The summed E-state index contributed by atoms with van der Waals surface area (Å²) in [5.41, 5.74) is 1.97. The van der Waals surface area contributed by atoms with Gasteiger partial charge in [-0.1, -0.05) is 12.1 Å². The van der Waals surface area contributed by atoms with E-state index in [0.29, 0.717) is 0 Å². The van der Waals surface area contributed by atoms with Gasteiger partial charge in [0.25, 0.3) is 0 Å². The van der Waals surface area contributed by atoms with Gasteiger partial charge in [-0.05, 0) is 23.8 Å². The number of aromatic nitrogens is 1. The van der Waals surface area contributed by atoms with Gasteiger partial charge in [0, 0.05) is 24.7 Å². The zero-order valence-electron chi connectivity index (χ0n) is 9.06. The number of fused-ring (bicyclic) bond motifs is 1. The molecular weight excluding hydrogens is 214 g/mol. The van der Waals surface area contributed by atoms with Crippen molar-refractivity contribution in [2.75, 3.05) is 0 Å². The first-order valence-corrected chi connectivity index (χ1v) is 4.50. The Labute approximate surface area is 99.4 Å². The van der Waals surface area contributed by atoms with Crippen molar-refractivity contribution in [3.05, 3.63) is 42.1 Å². The van der Waals surface area contributed by atoms with Crippen LogP contribution in [0.1, 0.15) is 5.56 Å². The monoisotopic (exact) mass is 225 g/mol. The molecule has 2 rings (SSSR count). The van der Waals surface area contributed by atoms with Gasteiger partial charge in [-0.15, -0.1) is 0 Å². The molecule has 0 bridgehead atoms. The Morgan fingerprint density at radius 1 is 1.18 bits per heavy atom. The molecule has 0 spiro atoms. The molecule has 2 N–H and O–H groups in total. The van der Waals surface area contributed by atoms with Crippen LogP contribution in [-0.4, -0.2) is 11.2 Å². The van der Waals surface area contributed by atoms with E-state index in [-0.39, 0.29) is 0 Å². The minimum Gasteiger partial charge on any atom is -0.323 e. The van der Waals surface area contributed by atoms with Crippen LogP contribution >= 0.6 is 0 Å². The predicted octanol–water partition coefficient (Wildman–Crippen LogP) is 1.81. The van der Waals surface area contributed by atoms with Crippen LogP contribution in [0, 0.1) is 23.7 Å². The second-order valence-corrected chi connectivity index (χ2v) is 2.73. The number of pyridine rings is 1. The summed E-state index contributed by atoms with van der Waals surface area (Å²) in [7, 11) is 0. The molecule has 0 unspecified atom stereocenters. The third kappa shape index (κ3) is 3.98. The summed E-state index contributed by atoms with van der Waals surface area (Å²) in [6.45, 7) is 7.00. The van der Waals surface area contributed by atoms with Crippen molar-refractivity contribution in [3.8, 4) is 13.1 Å². The highest BCUT2D eigenvalue weighted by molar-refractivity contribution is 5.88. The number of hydrazone groups is 1. The molecule has 0 aliphatic heterocycles. The number of rotatable bonds is 1. The SMILES string of the molecule is C#N.C#N.NN=Cc1ccc2ncccc2c1. The van der Waals surface area contributed by atoms with E-state index in [4.69, 9.17) is 16.4 Å². The molecule has 5 nitrogen and oxygen atoms in total. The van der Waals surface area contributed by atoms with E-state index in [2.05, 4.69) is 23.2 Å². The van der Waals surface area contributed by atoms with Crippen LogP contribution in [0.3, 0.4) is 0 Å². The number of nitriles is 2. The second kappa shape index (κ2) is 8.39. The maximum Gasteiger partial charge on any atom is 0.0702 e. The van der Waals surface area contributed by atoms with Gasteiger partial charge < -0.3 is 5.84 Å². The maximum absolute atomic E-state index is 6.50. The fourth-order valence-electron chi connectivity index (χ4n) is 1.26. The normalized spacial score (nSPS) is 8.71. The van der Waals surface area contributed by atoms with Crippen molar-refractivity contribution in [2.24, 2.45) is 10.9 Å². The van der Waals surface area contributed by atoms with Gasteiger partial charge >= 0.3 is 0 Å². The summed E-state index contributed by atoms with van der Waals surface area (Å²) in [5.74, 6) is 5.06. The van der Waals surface area contributed by atoms with Gasteiger partial charge in [-0.3, -0.25) is 4.98 Å². The molecule has 17 heavy (non-hydrogen) atoms. The molecule has 0 aliphatic rings. The lowest BCUT2D eigenvalue weighted by Crippen LogP contribution is -1.86. The second-order valence-electron chi connectivity index (χ2n) is 2.73. The Morgan fingerprint density at radius 3 is 2.53 bits per heavy atom. The standard InChI is InChI=1S/C10H9N3.2CHN/c11-13-7-8-3-4-10-9(6-8)2-1-5-12-10;2*1-2/h1-7H,11H2;2*1H. The van der Waals surface area contributed by atoms with Crippen LogP contribution in [0.25, 0.3) is 10.9 Å². The Balaban J connectivity index is 0.000000581. The largest absolute Gasteiger partial charge is 0.323 e. The number of benzene rings is 1. The molecular formula is C12H11N5. The molecule has 2 aromatic rings. The molecule has 0 amide bonds. The van der Waals surface area contributed by atoms with E-state index in [9.17, 15) is 0 Å². The number of hydrogen-bond donors (Lipinski definition) is 1. The predicted molar refractivity (Wildman–Crippen MR) is 66.9 cm³/mol. The zero-order valence-corrected chi connectivity index (χ0v) is 9.06. The van der Waals surface area contributed by atoms with Gasteiger partial charge in [0.05, 0.1) is 11.7 Å². The number of nitrogens with zero attached hydrogens (tertiary/aromatic N) is 4. The fourth-order valence-corrected chi connectivity index (χ4v) is 1.26. The lowest BCUT2D eigenvalue weighted by molar-refractivity contribution is 1.26. The molecule has 0 aliphatic carbocycles. The van der Waals surface area contributed by atoms with Crippen LogP contribution in [0.15, 0.2) is 41.6 Å². The molecule has 0 atom stereocenters.